The monoisotopic (exact) mass is 274 g/mol. The van der Waals surface area contributed by atoms with E-state index in [4.69, 9.17) is 5.73 Å². The molecule has 6 heteroatoms. The molecule has 0 aromatic carbocycles. The first-order valence-corrected chi connectivity index (χ1v) is 6.57. The van der Waals surface area contributed by atoms with E-state index < -0.39 is 0 Å². The van der Waals surface area contributed by atoms with E-state index in [2.05, 4.69) is 27.4 Å². The number of hydrogen-bond acceptors (Lipinski definition) is 4. The van der Waals surface area contributed by atoms with E-state index in [1.165, 1.54) is 11.3 Å². The van der Waals surface area contributed by atoms with E-state index in [0.717, 1.165) is 16.0 Å². The number of nitrogens with one attached hydrogen (secondary N) is 2. The second-order valence-corrected chi connectivity index (χ2v) is 4.97. The zero-order chi connectivity index (χ0) is 13.7. The van der Waals surface area contributed by atoms with Crippen LogP contribution in [0.5, 0.6) is 0 Å². The SMILES string of the molecule is Cc1cc(C(=O)NCc2cn[nH]c2)sc1C#CCN. The Hall–Kier alpha value is -2.10. The maximum atomic E-state index is 12.0. The summed E-state index contributed by atoms with van der Waals surface area (Å²) >= 11 is 1.38. The van der Waals surface area contributed by atoms with E-state index in [1.54, 1.807) is 12.4 Å². The number of aryl methyl sites for hydroxylation is 1. The van der Waals surface area contributed by atoms with E-state index in [1.807, 2.05) is 13.0 Å². The predicted octanol–water partition coefficient (Wildman–Crippen LogP) is 1.02. The number of aromatic amines is 1. The first-order valence-electron chi connectivity index (χ1n) is 5.76. The lowest BCUT2D eigenvalue weighted by atomic mass is 10.2. The van der Waals surface area contributed by atoms with Crippen molar-refractivity contribution in [2.24, 2.45) is 5.73 Å². The van der Waals surface area contributed by atoms with Gasteiger partial charge >= 0.3 is 0 Å². The molecule has 0 saturated heterocycles. The van der Waals surface area contributed by atoms with Gasteiger partial charge in [0, 0.05) is 18.3 Å². The summed E-state index contributed by atoms with van der Waals surface area (Å²) in [4.78, 5) is 13.5. The van der Waals surface area contributed by atoms with Gasteiger partial charge in [0.05, 0.1) is 22.5 Å². The Labute approximate surface area is 115 Å². The van der Waals surface area contributed by atoms with Crippen LogP contribution in [0.25, 0.3) is 0 Å². The van der Waals surface area contributed by atoms with Crippen molar-refractivity contribution in [2.45, 2.75) is 13.5 Å². The highest BCUT2D eigenvalue weighted by Gasteiger charge is 2.11. The predicted molar refractivity (Wildman–Crippen MR) is 74.7 cm³/mol. The molecule has 0 radical (unpaired) electrons. The van der Waals surface area contributed by atoms with Gasteiger partial charge in [0.2, 0.25) is 0 Å². The van der Waals surface area contributed by atoms with Crippen molar-refractivity contribution in [1.29, 1.82) is 0 Å². The molecule has 0 fully saturated rings. The quantitative estimate of drug-likeness (QED) is 0.731. The molecule has 19 heavy (non-hydrogen) atoms. The Morgan fingerprint density at radius 3 is 3.16 bits per heavy atom. The molecule has 98 valence electrons. The van der Waals surface area contributed by atoms with Crippen LogP contribution in [-0.4, -0.2) is 22.6 Å². The van der Waals surface area contributed by atoms with Crippen LogP contribution in [0.15, 0.2) is 18.5 Å². The zero-order valence-electron chi connectivity index (χ0n) is 10.5. The summed E-state index contributed by atoms with van der Waals surface area (Å²) < 4.78 is 0. The van der Waals surface area contributed by atoms with Crippen LogP contribution in [0.2, 0.25) is 0 Å². The minimum Gasteiger partial charge on any atom is -0.347 e. The molecule has 2 aromatic rings. The number of thiophene rings is 1. The Morgan fingerprint density at radius 2 is 2.47 bits per heavy atom. The topological polar surface area (TPSA) is 83.8 Å². The summed E-state index contributed by atoms with van der Waals surface area (Å²) in [5, 5.41) is 9.36. The number of nitrogens with zero attached hydrogens (tertiary/aromatic N) is 1. The number of nitrogens with two attached hydrogens (primary N) is 1. The van der Waals surface area contributed by atoms with Gasteiger partial charge < -0.3 is 11.1 Å². The lowest BCUT2D eigenvalue weighted by Crippen LogP contribution is -2.21. The van der Waals surface area contributed by atoms with Gasteiger partial charge in [-0.2, -0.15) is 5.10 Å². The second-order valence-electron chi connectivity index (χ2n) is 3.92. The molecule has 0 atom stereocenters. The molecule has 0 spiro atoms. The molecular formula is C13H14N4OS. The number of rotatable bonds is 3. The van der Waals surface area contributed by atoms with Crippen molar-refractivity contribution < 1.29 is 4.79 Å². The number of hydrogen-bond donors (Lipinski definition) is 3. The first-order chi connectivity index (χ1) is 9.20. The Balaban J connectivity index is 2.03. The first kappa shape index (κ1) is 13.3. The average Bonchev–Trinajstić information content (AvgIpc) is 3.03. The smallest absolute Gasteiger partial charge is 0.261 e. The molecule has 2 heterocycles. The van der Waals surface area contributed by atoms with Crippen molar-refractivity contribution in [3.8, 4) is 11.8 Å². The fourth-order valence-corrected chi connectivity index (χ4v) is 2.46. The van der Waals surface area contributed by atoms with Crippen molar-refractivity contribution in [2.75, 3.05) is 6.54 Å². The third-order valence-corrected chi connectivity index (χ3v) is 3.60. The standard InChI is InChI=1S/C13H14N4OS/c1-9-5-12(19-11(9)3-2-4-14)13(18)15-6-10-7-16-17-8-10/h5,7-8H,4,6,14H2,1H3,(H,15,18)(H,16,17). The van der Waals surface area contributed by atoms with Gasteiger partial charge in [0.1, 0.15) is 0 Å². The number of carbonyl (C=O) groups excluding carboxylic acids is 1. The summed E-state index contributed by atoms with van der Waals surface area (Å²) in [5.41, 5.74) is 7.27. The Bertz CT molecular complexity index is 619. The molecule has 0 aliphatic heterocycles. The molecule has 0 aliphatic rings. The molecular weight excluding hydrogens is 260 g/mol. The number of amides is 1. The van der Waals surface area contributed by atoms with Crippen molar-refractivity contribution in [3.05, 3.63) is 39.3 Å². The summed E-state index contributed by atoms with van der Waals surface area (Å²) in [5.74, 6) is 5.66. The molecule has 4 N–H and O–H groups in total. The van der Waals surface area contributed by atoms with Crippen LogP contribution in [0.4, 0.5) is 0 Å². The molecule has 0 bridgehead atoms. The van der Waals surface area contributed by atoms with Gasteiger partial charge in [-0.15, -0.1) is 11.3 Å². The van der Waals surface area contributed by atoms with E-state index >= 15 is 0 Å². The Kier molecular flexibility index (Phi) is 4.34. The number of H-pyrrole nitrogens is 1. The van der Waals surface area contributed by atoms with Gasteiger partial charge in [-0.25, -0.2) is 0 Å². The largest absolute Gasteiger partial charge is 0.347 e. The average molecular weight is 274 g/mol. The maximum Gasteiger partial charge on any atom is 0.261 e. The summed E-state index contributed by atoms with van der Waals surface area (Å²) in [7, 11) is 0. The number of carbonyl (C=O) groups is 1. The summed E-state index contributed by atoms with van der Waals surface area (Å²) in [6.07, 6.45) is 3.43. The van der Waals surface area contributed by atoms with Crippen LogP contribution < -0.4 is 11.1 Å². The minimum atomic E-state index is -0.102. The number of aromatic nitrogens is 2. The lowest BCUT2D eigenvalue weighted by molar-refractivity contribution is 0.0955. The Morgan fingerprint density at radius 1 is 1.63 bits per heavy atom. The van der Waals surface area contributed by atoms with E-state index in [0.29, 0.717) is 18.0 Å². The van der Waals surface area contributed by atoms with Crippen LogP contribution >= 0.6 is 11.3 Å². The van der Waals surface area contributed by atoms with Gasteiger partial charge in [-0.05, 0) is 18.6 Å². The van der Waals surface area contributed by atoms with Gasteiger partial charge in [-0.3, -0.25) is 9.89 Å². The van der Waals surface area contributed by atoms with E-state index in [9.17, 15) is 4.79 Å². The highest BCUT2D eigenvalue weighted by Crippen LogP contribution is 2.20. The maximum absolute atomic E-state index is 12.0. The molecule has 5 nitrogen and oxygen atoms in total. The van der Waals surface area contributed by atoms with Gasteiger partial charge in [0.15, 0.2) is 0 Å². The van der Waals surface area contributed by atoms with Gasteiger partial charge in [0.25, 0.3) is 5.91 Å². The van der Waals surface area contributed by atoms with Crippen molar-refractivity contribution in [3.63, 3.8) is 0 Å². The minimum absolute atomic E-state index is 0.102. The molecule has 0 aliphatic carbocycles. The van der Waals surface area contributed by atoms with Crippen LogP contribution in [0, 0.1) is 18.8 Å². The summed E-state index contributed by atoms with van der Waals surface area (Å²) in [6.45, 7) is 2.71. The summed E-state index contributed by atoms with van der Waals surface area (Å²) in [6, 6.07) is 1.84. The fourth-order valence-electron chi connectivity index (χ4n) is 1.49. The molecule has 2 rings (SSSR count). The van der Waals surface area contributed by atoms with Crippen LogP contribution in [0.3, 0.4) is 0 Å². The third-order valence-electron chi connectivity index (χ3n) is 2.45. The fraction of sp³-hybridized carbons (Fsp3) is 0.231. The normalized spacial score (nSPS) is 9.79. The second kappa shape index (κ2) is 6.18. The highest BCUT2D eigenvalue weighted by atomic mass is 32.1. The molecule has 1 amide bonds. The van der Waals surface area contributed by atoms with Gasteiger partial charge in [-0.1, -0.05) is 11.8 Å². The molecule has 0 unspecified atom stereocenters. The van der Waals surface area contributed by atoms with Crippen LogP contribution in [-0.2, 0) is 6.54 Å². The molecule has 2 aromatic heterocycles. The van der Waals surface area contributed by atoms with Crippen molar-refractivity contribution >= 4 is 17.2 Å². The zero-order valence-corrected chi connectivity index (χ0v) is 11.3. The lowest BCUT2D eigenvalue weighted by Gasteiger charge is -2.00. The highest BCUT2D eigenvalue weighted by molar-refractivity contribution is 7.14. The van der Waals surface area contributed by atoms with Crippen molar-refractivity contribution in [1.82, 2.24) is 15.5 Å². The third kappa shape index (κ3) is 3.44. The van der Waals surface area contributed by atoms with E-state index in [-0.39, 0.29) is 5.91 Å². The van der Waals surface area contributed by atoms with Crippen LogP contribution in [0.1, 0.15) is 25.7 Å². The molecule has 0 saturated carbocycles.